The number of carbonyl (C=O) groups is 1. The Balaban J connectivity index is 2.12. The third-order valence-electron chi connectivity index (χ3n) is 4.11. The van der Waals surface area contributed by atoms with Gasteiger partial charge in [-0.05, 0) is 49.0 Å². The van der Waals surface area contributed by atoms with E-state index in [-0.39, 0.29) is 12.0 Å². The number of allylic oxidation sites excluding steroid dienone is 1. The highest BCUT2D eigenvalue weighted by molar-refractivity contribution is 9.10. The molecule has 2 aromatic carbocycles. The van der Waals surface area contributed by atoms with Gasteiger partial charge < -0.3 is 10.1 Å². The average Bonchev–Trinajstić information content (AvgIpc) is 2.62. The highest BCUT2D eigenvalue weighted by Gasteiger charge is 2.35. The summed E-state index contributed by atoms with van der Waals surface area (Å²) in [6.45, 7) is 1.89. The number of hydrogen-bond acceptors (Lipinski definition) is 3. The third kappa shape index (κ3) is 3.45. The van der Waals surface area contributed by atoms with Crippen LogP contribution in [0.5, 0.6) is 0 Å². The van der Waals surface area contributed by atoms with Crippen molar-refractivity contribution in [2.45, 2.75) is 13.0 Å². The first-order valence-electron chi connectivity index (χ1n) is 7.73. The number of nitrogens with one attached hydrogen (secondary N) is 1. The first-order valence-corrected chi connectivity index (χ1v) is 8.93. The molecular formula is C19H17BrN2O2S. The minimum atomic E-state index is -0.374. The second-order valence-electron chi connectivity index (χ2n) is 5.60. The van der Waals surface area contributed by atoms with E-state index in [1.807, 2.05) is 66.4 Å². The number of benzene rings is 2. The summed E-state index contributed by atoms with van der Waals surface area (Å²) in [4.78, 5) is 14.4. The molecule has 3 rings (SSSR count). The van der Waals surface area contributed by atoms with Crippen molar-refractivity contribution >= 4 is 44.9 Å². The topological polar surface area (TPSA) is 41.6 Å². The molecule has 0 bridgehead atoms. The van der Waals surface area contributed by atoms with Gasteiger partial charge in [0.05, 0.1) is 18.7 Å². The highest BCUT2D eigenvalue weighted by atomic mass is 79.9. The number of thiocarbonyl (C=S) groups is 1. The molecule has 0 amide bonds. The van der Waals surface area contributed by atoms with Crippen LogP contribution < -0.4 is 10.2 Å². The maximum Gasteiger partial charge on any atom is 0.337 e. The Morgan fingerprint density at radius 2 is 1.80 bits per heavy atom. The smallest absolute Gasteiger partial charge is 0.337 e. The van der Waals surface area contributed by atoms with Crippen molar-refractivity contribution in [1.82, 2.24) is 5.32 Å². The molecule has 0 aliphatic carbocycles. The Kier molecular flexibility index (Phi) is 5.20. The predicted molar refractivity (Wildman–Crippen MR) is 106 cm³/mol. The van der Waals surface area contributed by atoms with Crippen molar-refractivity contribution in [3.05, 3.63) is 75.9 Å². The van der Waals surface area contributed by atoms with E-state index in [9.17, 15) is 4.79 Å². The molecule has 1 unspecified atom stereocenters. The number of para-hydroxylation sites is 1. The van der Waals surface area contributed by atoms with Gasteiger partial charge in [0, 0.05) is 15.9 Å². The van der Waals surface area contributed by atoms with Crippen LogP contribution in [0.1, 0.15) is 18.5 Å². The van der Waals surface area contributed by atoms with Crippen LogP contribution >= 0.6 is 28.1 Å². The fourth-order valence-electron chi connectivity index (χ4n) is 2.91. The van der Waals surface area contributed by atoms with Gasteiger partial charge in [-0.1, -0.05) is 46.3 Å². The van der Waals surface area contributed by atoms with Crippen molar-refractivity contribution < 1.29 is 9.53 Å². The van der Waals surface area contributed by atoms with Gasteiger partial charge in [0.2, 0.25) is 0 Å². The number of anilines is 1. The number of ether oxygens (including phenoxy) is 1. The Bertz CT molecular complexity index is 834. The summed E-state index contributed by atoms with van der Waals surface area (Å²) in [6, 6.07) is 17.1. The molecule has 0 fully saturated rings. The molecule has 1 aliphatic heterocycles. The van der Waals surface area contributed by atoms with Crippen molar-refractivity contribution in [2.75, 3.05) is 12.0 Å². The van der Waals surface area contributed by atoms with E-state index < -0.39 is 0 Å². The molecule has 1 heterocycles. The van der Waals surface area contributed by atoms with Gasteiger partial charge in [-0.15, -0.1) is 0 Å². The normalized spacial score (nSPS) is 17.3. The lowest BCUT2D eigenvalue weighted by Gasteiger charge is -2.37. The van der Waals surface area contributed by atoms with Gasteiger partial charge in [-0.25, -0.2) is 4.79 Å². The lowest BCUT2D eigenvalue weighted by molar-refractivity contribution is -0.136. The number of nitrogens with zero attached hydrogens (tertiary/aromatic N) is 1. The molecule has 1 atom stereocenters. The first kappa shape index (κ1) is 17.6. The summed E-state index contributed by atoms with van der Waals surface area (Å²) in [7, 11) is 1.39. The molecule has 0 saturated heterocycles. The van der Waals surface area contributed by atoms with E-state index in [1.54, 1.807) is 0 Å². The van der Waals surface area contributed by atoms with Gasteiger partial charge in [0.15, 0.2) is 5.11 Å². The van der Waals surface area contributed by atoms with Crippen LogP contribution in [0.2, 0.25) is 0 Å². The van der Waals surface area contributed by atoms with Crippen LogP contribution in [0.3, 0.4) is 0 Å². The number of esters is 1. The van der Waals surface area contributed by atoms with Gasteiger partial charge in [0.25, 0.3) is 0 Å². The van der Waals surface area contributed by atoms with Crippen LogP contribution in [0.4, 0.5) is 5.69 Å². The quantitative estimate of drug-likeness (QED) is 0.595. The van der Waals surface area contributed by atoms with E-state index in [2.05, 4.69) is 21.2 Å². The molecule has 1 aliphatic rings. The summed E-state index contributed by atoms with van der Waals surface area (Å²) in [5.41, 5.74) is 3.14. The predicted octanol–water partition coefficient (Wildman–Crippen LogP) is 4.33. The number of halogens is 1. The molecule has 0 spiro atoms. The second kappa shape index (κ2) is 7.37. The lowest BCUT2D eigenvalue weighted by Crippen LogP contribution is -2.48. The molecule has 1 N–H and O–H groups in total. The molecule has 6 heteroatoms. The van der Waals surface area contributed by atoms with Crippen LogP contribution in [0.15, 0.2) is 70.3 Å². The number of hydrogen-bond donors (Lipinski definition) is 1. The zero-order chi connectivity index (χ0) is 18.0. The van der Waals surface area contributed by atoms with Crippen molar-refractivity contribution in [2.24, 2.45) is 0 Å². The standard InChI is InChI=1S/C19H17BrN2O2S/c1-12-16(18(23)24-2)17(13-8-10-14(20)11-9-13)21-19(25)22(12)15-6-4-3-5-7-15/h3-11,17H,1-2H3,(H,21,25). The number of rotatable bonds is 3. The van der Waals surface area contributed by atoms with Crippen LogP contribution in [0, 0.1) is 0 Å². The minimum absolute atomic E-state index is 0.354. The van der Waals surface area contributed by atoms with E-state index in [4.69, 9.17) is 17.0 Å². The summed E-state index contributed by atoms with van der Waals surface area (Å²) >= 11 is 9.02. The van der Waals surface area contributed by atoms with Gasteiger partial charge >= 0.3 is 5.97 Å². The first-order chi connectivity index (χ1) is 12.0. The summed E-state index contributed by atoms with van der Waals surface area (Å²) in [5.74, 6) is -0.374. The van der Waals surface area contributed by atoms with Crippen LogP contribution in [-0.4, -0.2) is 18.2 Å². The zero-order valence-corrected chi connectivity index (χ0v) is 16.2. The second-order valence-corrected chi connectivity index (χ2v) is 6.90. The van der Waals surface area contributed by atoms with E-state index in [0.29, 0.717) is 10.7 Å². The van der Waals surface area contributed by atoms with Crippen LogP contribution in [0.25, 0.3) is 0 Å². The van der Waals surface area contributed by atoms with Gasteiger partial charge in [0.1, 0.15) is 0 Å². The highest BCUT2D eigenvalue weighted by Crippen LogP contribution is 2.34. The number of carbonyl (C=O) groups excluding carboxylic acids is 1. The Labute approximate surface area is 160 Å². The Hall–Kier alpha value is -2.18. The molecular weight excluding hydrogens is 400 g/mol. The van der Waals surface area contributed by atoms with Crippen molar-refractivity contribution in [3.63, 3.8) is 0 Å². The molecule has 2 aromatic rings. The Morgan fingerprint density at radius 3 is 2.40 bits per heavy atom. The monoisotopic (exact) mass is 416 g/mol. The van der Waals surface area contributed by atoms with E-state index in [1.165, 1.54) is 7.11 Å². The molecule has 128 valence electrons. The van der Waals surface area contributed by atoms with Crippen molar-refractivity contribution in [3.8, 4) is 0 Å². The average molecular weight is 417 g/mol. The fraction of sp³-hybridized carbons (Fsp3) is 0.158. The molecule has 4 nitrogen and oxygen atoms in total. The molecule has 25 heavy (non-hydrogen) atoms. The molecule has 0 aromatic heterocycles. The van der Waals surface area contributed by atoms with E-state index >= 15 is 0 Å². The van der Waals surface area contributed by atoms with Crippen molar-refractivity contribution in [1.29, 1.82) is 0 Å². The summed E-state index contributed by atoms with van der Waals surface area (Å²) < 4.78 is 6.01. The summed E-state index contributed by atoms with van der Waals surface area (Å²) in [5, 5.41) is 3.83. The Morgan fingerprint density at radius 1 is 1.16 bits per heavy atom. The lowest BCUT2D eigenvalue weighted by atomic mass is 9.95. The number of methoxy groups -OCH3 is 1. The maximum absolute atomic E-state index is 12.5. The molecule has 0 radical (unpaired) electrons. The fourth-order valence-corrected chi connectivity index (χ4v) is 3.54. The summed E-state index contributed by atoms with van der Waals surface area (Å²) in [6.07, 6.45) is 0. The van der Waals surface area contributed by atoms with Gasteiger partial charge in [-0.2, -0.15) is 0 Å². The molecule has 0 saturated carbocycles. The van der Waals surface area contributed by atoms with Crippen LogP contribution in [-0.2, 0) is 9.53 Å². The van der Waals surface area contributed by atoms with Gasteiger partial charge in [-0.3, -0.25) is 4.90 Å². The maximum atomic E-state index is 12.5. The minimum Gasteiger partial charge on any atom is -0.466 e. The zero-order valence-electron chi connectivity index (χ0n) is 13.8. The largest absolute Gasteiger partial charge is 0.466 e. The SMILES string of the molecule is COC(=O)C1=C(C)N(c2ccccc2)C(=S)NC1c1ccc(Br)cc1. The third-order valence-corrected chi connectivity index (χ3v) is 4.94. The van der Waals surface area contributed by atoms with E-state index in [0.717, 1.165) is 21.4 Å².